The number of nitrogens with zero attached hydrogens (tertiary/aromatic N) is 1. The van der Waals surface area contributed by atoms with Gasteiger partial charge in [0, 0.05) is 27.9 Å². The molecule has 3 aromatic rings. The van der Waals surface area contributed by atoms with Gasteiger partial charge in [-0.1, -0.05) is 12.1 Å². The molecule has 30 heavy (non-hydrogen) atoms. The summed E-state index contributed by atoms with van der Waals surface area (Å²) in [4.78, 5) is 25.8. The molecule has 0 N–H and O–H groups in total. The van der Waals surface area contributed by atoms with E-state index in [9.17, 15) is 9.59 Å². The highest BCUT2D eigenvalue weighted by molar-refractivity contribution is 7.09. The highest BCUT2D eigenvalue weighted by atomic mass is 32.1. The number of fused-ring (bicyclic) bond motifs is 1. The normalized spacial score (nSPS) is 12.5. The SMILES string of the molecule is Cc1cc(C(=O)COC(=O)C=Cc2ccc3c(c2)OCO3)c(C)n1Cc1cccs1. The largest absolute Gasteiger partial charge is 0.454 e. The monoisotopic (exact) mass is 423 g/mol. The van der Waals surface area contributed by atoms with Crippen LogP contribution in [0.25, 0.3) is 6.08 Å². The summed E-state index contributed by atoms with van der Waals surface area (Å²) in [7, 11) is 0. The number of benzene rings is 1. The second-order valence-corrected chi connectivity index (χ2v) is 7.96. The van der Waals surface area contributed by atoms with Crippen molar-refractivity contribution in [3.05, 3.63) is 75.2 Å². The zero-order chi connectivity index (χ0) is 21.1. The molecule has 0 saturated heterocycles. The van der Waals surface area contributed by atoms with Crippen molar-refractivity contribution >= 4 is 29.2 Å². The van der Waals surface area contributed by atoms with E-state index in [0.29, 0.717) is 17.1 Å². The molecule has 1 aliphatic rings. The fraction of sp³-hybridized carbons (Fsp3) is 0.217. The van der Waals surface area contributed by atoms with Crippen molar-refractivity contribution in [3.8, 4) is 11.5 Å². The number of esters is 1. The van der Waals surface area contributed by atoms with E-state index in [4.69, 9.17) is 14.2 Å². The number of rotatable bonds is 7. The molecule has 3 heterocycles. The van der Waals surface area contributed by atoms with E-state index >= 15 is 0 Å². The number of thiophene rings is 1. The lowest BCUT2D eigenvalue weighted by molar-refractivity contribution is -0.136. The molecule has 6 nitrogen and oxygen atoms in total. The topological polar surface area (TPSA) is 66.8 Å². The van der Waals surface area contributed by atoms with Crippen molar-refractivity contribution in [2.24, 2.45) is 0 Å². The summed E-state index contributed by atoms with van der Waals surface area (Å²) in [6.07, 6.45) is 2.91. The minimum absolute atomic E-state index is 0.195. The Kier molecular flexibility index (Phi) is 5.72. The van der Waals surface area contributed by atoms with E-state index in [2.05, 4.69) is 10.6 Å². The van der Waals surface area contributed by atoms with Gasteiger partial charge in [-0.3, -0.25) is 4.79 Å². The summed E-state index contributed by atoms with van der Waals surface area (Å²) in [6.45, 7) is 4.50. The van der Waals surface area contributed by atoms with Crippen LogP contribution in [0.3, 0.4) is 0 Å². The van der Waals surface area contributed by atoms with Gasteiger partial charge in [0.15, 0.2) is 18.1 Å². The first-order valence-electron chi connectivity index (χ1n) is 9.48. The van der Waals surface area contributed by atoms with Gasteiger partial charge in [-0.25, -0.2) is 4.79 Å². The van der Waals surface area contributed by atoms with Crippen molar-refractivity contribution in [1.82, 2.24) is 4.57 Å². The van der Waals surface area contributed by atoms with Gasteiger partial charge in [-0.15, -0.1) is 11.3 Å². The Balaban J connectivity index is 1.35. The lowest BCUT2D eigenvalue weighted by Crippen LogP contribution is -2.13. The summed E-state index contributed by atoms with van der Waals surface area (Å²) >= 11 is 1.68. The molecule has 0 aliphatic carbocycles. The van der Waals surface area contributed by atoms with Crippen LogP contribution in [0.1, 0.15) is 32.2 Å². The van der Waals surface area contributed by atoms with Gasteiger partial charge in [0.25, 0.3) is 0 Å². The summed E-state index contributed by atoms with van der Waals surface area (Å²) in [5, 5.41) is 2.03. The number of ether oxygens (including phenoxy) is 3. The maximum atomic E-state index is 12.6. The summed E-state index contributed by atoms with van der Waals surface area (Å²) < 4.78 is 17.8. The molecule has 0 radical (unpaired) electrons. The number of hydrogen-bond donors (Lipinski definition) is 0. The Morgan fingerprint density at radius 3 is 2.80 bits per heavy atom. The van der Waals surface area contributed by atoms with Gasteiger partial charge in [-0.05, 0) is 55.1 Å². The second kappa shape index (κ2) is 8.59. The molecule has 2 aromatic heterocycles. The maximum absolute atomic E-state index is 12.6. The fourth-order valence-electron chi connectivity index (χ4n) is 3.33. The van der Waals surface area contributed by atoms with Crippen molar-refractivity contribution in [1.29, 1.82) is 0 Å². The van der Waals surface area contributed by atoms with Crippen LogP contribution in [-0.2, 0) is 16.1 Å². The third kappa shape index (κ3) is 4.31. The molecule has 0 saturated carbocycles. The first-order chi connectivity index (χ1) is 14.5. The Bertz CT molecular complexity index is 1110. The number of Topliss-reactive ketones (excluding diaryl/α,β-unsaturated/α-hetero) is 1. The Hall–Kier alpha value is -3.32. The van der Waals surface area contributed by atoms with Crippen LogP contribution in [0.2, 0.25) is 0 Å². The third-order valence-corrected chi connectivity index (χ3v) is 5.78. The van der Waals surface area contributed by atoms with E-state index in [1.165, 1.54) is 11.0 Å². The van der Waals surface area contributed by atoms with E-state index in [-0.39, 0.29) is 19.2 Å². The van der Waals surface area contributed by atoms with Crippen molar-refractivity contribution in [3.63, 3.8) is 0 Å². The number of ketones is 1. The van der Waals surface area contributed by atoms with Crippen LogP contribution in [0, 0.1) is 13.8 Å². The van der Waals surface area contributed by atoms with Crippen molar-refractivity contribution in [2.45, 2.75) is 20.4 Å². The molecule has 7 heteroatoms. The van der Waals surface area contributed by atoms with Gasteiger partial charge >= 0.3 is 5.97 Å². The van der Waals surface area contributed by atoms with Gasteiger partial charge in [-0.2, -0.15) is 0 Å². The fourth-order valence-corrected chi connectivity index (χ4v) is 4.02. The predicted octanol–water partition coefficient (Wildman–Crippen LogP) is 4.38. The second-order valence-electron chi connectivity index (χ2n) is 6.93. The molecular weight excluding hydrogens is 402 g/mol. The molecule has 0 unspecified atom stereocenters. The van der Waals surface area contributed by atoms with Gasteiger partial charge in [0.2, 0.25) is 12.6 Å². The molecule has 154 valence electrons. The minimum atomic E-state index is -0.576. The minimum Gasteiger partial charge on any atom is -0.454 e. The molecule has 0 atom stereocenters. The predicted molar refractivity (Wildman–Crippen MR) is 114 cm³/mol. The van der Waals surface area contributed by atoms with Gasteiger partial charge in [0.1, 0.15) is 0 Å². The van der Waals surface area contributed by atoms with Gasteiger partial charge in [0.05, 0.1) is 6.54 Å². The lowest BCUT2D eigenvalue weighted by Gasteiger charge is -2.08. The summed E-state index contributed by atoms with van der Waals surface area (Å²) in [6, 6.07) is 11.3. The zero-order valence-electron chi connectivity index (χ0n) is 16.7. The van der Waals surface area contributed by atoms with E-state index < -0.39 is 5.97 Å². The number of aromatic nitrogens is 1. The molecule has 1 aliphatic heterocycles. The van der Waals surface area contributed by atoms with Crippen LogP contribution >= 0.6 is 11.3 Å². The average Bonchev–Trinajstić information content (AvgIpc) is 3.47. The van der Waals surface area contributed by atoms with Crippen molar-refractivity contribution < 1.29 is 23.8 Å². The van der Waals surface area contributed by atoms with E-state index in [1.807, 2.05) is 37.4 Å². The molecule has 0 bridgehead atoms. The average molecular weight is 423 g/mol. The molecular formula is C23H21NO5S. The molecule has 0 fully saturated rings. The third-order valence-electron chi connectivity index (χ3n) is 4.92. The van der Waals surface area contributed by atoms with Crippen LogP contribution in [0.5, 0.6) is 11.5 Å². The van der Waals surface area contributed by atoms with Crippen LogP contribution in [0.4, 0.5) is 0 Å². The summed E-state index contributed by atoms with van der Waals surface area (Å²) in [5.74, 6) is 0.523. The first kappa shape index (κ1) is 20.0. The van der Waals surface area contributed by atoms with Crippen LogP contribution in [-0.4, -0.2) is 29.7 Å². The quantitative estimate of drug-likeness (QED) is 0.320. The summed E-state index contributed by atoms with van der Waals surface area (Å²) in [5.41, 5.74) is 3.23. The standard InChI is InChI=1S/C23H21NO5S/c1-15-10-19(16(2)24(15)12-18-4-3-9-30-18)20(25)13-27-23(26)8-6-17-5-7-21-22(11-17)29-14-28-21/h3-11H,12-14H2,1-2H3. The smallest absolute Gasteiger partial charge is 0.331 e. The van der Waals surface area contributed by atoms with E-state index in [1.54, 1.807) is 29.5 Å². The lowest BCUT2D eigenvalue weighted by atomic mass is 10.1. The van der Waals surface area contributed by atoms with E-state index in [0.717, 1.165) is 23.5 Å². The van der Waals surface area contributed by atoms with Crippen LogP contribution in [0.15, 0.2) is 47.9 Å². The number of carbonyl (C=O) groups excluding carboxylic acids is 2. The molecule has 1 aromatic carbocycles. The molecule has 0 amide bonds. The Morgan fingerprint density at radius 1 is 1.17 bits per heavy atom. The Morgan fingerprint density at radius 2 is 2.00 bits per heavy atom. The van der Waals surface area contributed by atoms with Crippen LogP contribution < -0.4 is 9.47 Å². The highest BCUT2D eigenvalue weighted by Crippen LogP contribution is 2.32. The van der Waals surface area contributed by atoms with Crippen molar-refractivity contribution in [2.75, 3.05) is 13.4 Å². The zero-order valence-corrected chi connectivity index (χ0v) is 17.5. The number of aryl methyl sites for hydroxylation is 1. The number of carbonyl (C=O) groups is 2. The molecule has 4 rings (SSSR count). The highest BCUT2D eigenvalue weighted by Gasteiger charge is 2.17. The number of hydrogen-bond acceptors (Lipinski definition) is 6. The first-order valence-corrected chi connectivity index (χ1v) is 10.4. The van der Waals surface area contributed by atoms with Gasteiger partial charge < -0.3 is 18.8 Å². The maximum Gasteiger partial charge on any atom is 0.331 e. The Labute approximate surface area is 178 Å². The molecule has 0 spiro atoms.